The number of fused-ring (bicyclic) bond motifs is 1. The summed E-state index contributed by atoms with van der Waals surface area (Å²) < 4.78 is 5.64. The highest BCUT2D eigenvalue weighted by molar-refractivity contribution is 6.03. The number of nitrogens with zero attached hydrogens (tertiary/aromatic N) is 4. The molecule has 0 spiro atoms. The minimum Gasteiger partial charge on any atom is -0.451 e. The smallest absolute Gasteiger partial charge is 0.291 e. The summed E-state index contributed by atoms with van der Waals surface area (Å²) in [6.45, 7) is 4.08. The second-order valence-electron chi connectivity index (χ2n) is 7.89. The molecule has 0 saturated heterocycles. The normalized spacial score (nSPS) is 11.0. The molecule has 0 aliphatic rings. The fourth-order valence-corrected chi connectivity index (χ4v) is 3.54. The van der Waals surface area contributed by atoms with Gasteiger partial charge in [-0.15, -0.1) is 10.2 Å². The molecule has 0 saturated carbocycles. The highest BCUT2D eigenvalue weighted by Crippen LogP contribution is 2.26. The van der Waals surface area contributed by atoms with Crippen LogP contribution in [0, 0.1) is 24.0 Å². The van der Waals surface area contributed by atoms with E-state index in [1.54, 1.807) is 41.2 Å². The van der Waals surface area contributed by atoms with Gasteiger partial charge in [-0.3, -0.25) is 14.9 Å². The van der Waals surface area contributed by atoms with Crippen LogP contribution in [0.5, 0.6) is 0 Å². The lowest BCUT2D eigenvalue weighted by atomic mass is 10.1. The standard InChI is InChI=1S/C25H19N5O4/c1-15-6-8-19(12-16(15)2)29-27-21-9-7-18(14-22(21)28-29)26-25(31)24-11-10-23(34-24)17-4-3-5-20(13-17)30(32)33/h3-14H,1-2H3,(H,26,31). The molecule has 9 heteroatoms. The van der Waals surface area contributed by atoms with Crippen LogP contribution >= 0.6 is 0 Å². The van der Waals surface area contributed by atoms with E-state index in [0.717, 1.165) is 11.3 Å². The quantitative estimate of drug-likeness (QED) is 0.279. The third-order valence-electron chi connectivity index (χ3n) is 5.53. The fraction of sp³-hybridized carbons (Fsp3) is 0.0800. The molecule has 0 bridgehead atoms. The maximum atomic E-state index is 12.7. The van der Waals surface area contributed by atoms with Gasteiger partial charge >= 0.3 is 0 Å². The number of aryl methyl sites for hydroxylation is 2. The lowest BCUT2D eigenvalue weighted by Crippen LogP contribution is -2.10. The zero-order chi connectivity index (χ0) is 23.8. The van der Waals surface area contributed by atoms with Crippen molar-refractivity contribution in [2.75, 3.05) is 5.32 Å². The van der Waals surface area contributed by atoms with Crippen LogP contribution in [0.1, 0.15) is 21.7 Å². The molecule has 2 heterocycles. The Morgan fingerprint density at radius 2 is 1.76 bits per heavy atom. The zero-order valence-corrected chi connectivity index (χ0v) is 18.4. The number of rotatable bonds is 5. The van der Waals surface area contributed by atoms with Crippen molar-refractivity contribution < 1.29 is 14.1 Å². The van der Waals surface area contributed by atoms with E-state index in [9.17, 15) is 14.9 Å². The number of anilines is 1. The lowest BCUT2D eigenvalue weighted by molar-refractivity contribution is -0.384. The van der Waals surface area contributed by atoms with Crippen molar-refractivity contribution in [3.63, 3.8) is 0 Å². The number of benzene rings is 3. The van der Waals surface area contributed by atoms with Crippen LogP contribution in [0.25, 0.3) is 28.0 Å². The molecule has 1 N–H and O–H groups in total. The topological polar surface area (TPSA) is 116 Å². The van der Waals surface area contributed by atoms with Crippen LogP contribution in [0.4, 0.5) is 11.4 Å². The first-order chi connectivity index (χ1) is 16.4. The number of nitro benzene ring substituents is 1. The Morgan fingerprint density at radius 3 is 2.56 bits per heavy atom. The molecule has 5 aromatic rings. The van der Waals surface area contributed by atoms with Crippen molar-refractivity contribution in [1.82, 2.24) is 15.0 Å². The zero-order valence-electron chi connectivity index (χ0n) is 18.4. The molecule has 0 unspecified atom stereocenters. The molecule has 0 atom stereocenters. The summed E-state index contributed by atoms with van der Waals surface area (Å²) >= 11 is 0. The Kier molecular flexibility index (Phi) is 5.14. The van der Waals surface area contributed by atoms with Crippen molar-refractivity contribution in [1.29, 1.82) is 0 Å². The van der Waals surface area contributed by atoms with Gasteiger partial charge in [-0.2, -0.15) is 4.80 Å². The van der Waals surface area contributed by atoms with Gasteiger partial charge < -0.3 is 9.73 Å². The summed E-state index contributed by atoms with van der Waals surface area (Å²) in [5, 5.41) is 22.8. The minimum atomic E-state index is -0.480. The van der Waals surface area contributed by atoms with Crippen LogP contribution in [0.3, 0.4) is 0 Å². The first kappa shape index (κ1) is 21.1. The van der Waals surface area contributed by atoms with Crippen LogP contribution in [0.15, 0.2) is 77.2 Å². The average Bonchev–Trinajstić information content (AvgIpc) is 3.48. The third-order valence-corrected chi connectivity index (χ3v) is 5.53. The number of amides is 1. The Hall–Kier alpha value is -4.79. The number of non-ortho nitro benzene ring substituents is 1. The van der Waals surface area contributed by atoms with E-state index in [-0.39, 0.29) is 11.4 Å². The summed E-state index contributed by atoms with van der Waals surface area (Å²) in [7, 11) is 0. The molecule has 9 nitrogen and oxygen atoms in total. The number of nitro groups is 1. The maximum Gasteiger partial charge on any atom is 0.291 e. The first-order valence-electron chi connectivity index (χ1n) is 10.5. The van der Waals surface area contributed by atoms with Crippen molar-refractivity contribution in [2.45, 2.75) is 13.8 Å². The first-order valence-corrected chi connectivity index (χ1v) is 10.5. The Balaban J connectivity index is 1.36. The number of nitrogens with one attached hydrogen (secondary N) is 1. The lowest BCUT2D eigenvalue weighted by Gasteiger charge is -2.03. The molecular formula is C25H19N5O4. The predicted octanol–water partition coefficient (Wildman–Crippen LogP) is 5.46. The maximum absolute atomic E-state index is 12.7. The second-order valence-corrected chi connectivity index (χ2v) is 7.89. The van der Waals surface area contributed by atoms with E-state index in [1.165, 1.54) is 23.8 Å². The summed E-state index contributed by atoms with van der Waals surface area (Å²) in [6.07, 6.45) is 0. The average molecular weight is 453 g/mol. The molecule has 0 aliphatic carbocycles. The number of hydrogen-bond donors (Lipinski definition) is 1. The van der Waals surface area contributed by atoms with Gasteiger partial charge in [-0.05, 0) is 67.4 Å². The third kappa shape index (κ3) is 4.02. The highest BCUT2D eigenvalue weighted by Gasteiger charge is 2.15. The van der Waals surface area contributed by atoms with E-state index in [0.29, 0.717) is 28.0 Å². The van der Waals surface area contributed by atoms with E-state index in [4.69, 9.17) is 4.42 Å². The largest absolute Gasteiger partial charge is 0.451 e. The van der Waals surface area contributed by atoms with Crippen LogP contribution in [-0.4, -0.2) is 25.8 Å². The van der Waals surface area contributed by atoms with Crippen LogP contribution < -0.4 is 5.32 Å². The van der Waals surface area contributed by atoms with Crippen molar-refractivity contribution in [3.8, 4) is 17.0 Å². The highest BCUT2D eigenvalue weighted by atomic mass is 16.6. The molecular weight excluding hydrogens is 434 g/mol. The van der Waals surface area contributed by atoms with Gasteiger partial charge in [0.25, 0.3) is 11.6 Å². The monoisotopic (exact) mass is 453 g/mol. The van der Waals surface area contributed by atoms with Gasteiger partial charge in [0, 0.05) is 23.4 Å². The van der Waals surface area contributed by atoms with Crippen LogP contribution in [-0.2, 0) is 0 Å². The SMILES string of the molecule is Cc1ccc(-n2nc3ccc(NC(=O)c4ccc(-c5cccc([N+](=O)[O-])c5)o4)cc3n2)cc1C. The Morgan fingerprint density at radius 1 is 0.941 bits per heavy atom. The molecule has 5 rings (SSSR count). The van der Waals surface area contributed by atoms with Crippen molar-refractivity contribution in [2.24, 2.45) is 0 Å². The van der Waals surface area contributed by atoms with E-state index < -0.39 is 10.8 Å². The van der Waals surface area contributed by atoms with Gasteiger partial charge in [0.1, 0.15) is 16.8 Å². The Labute approximate surface area is 193 Å². The van der Waals surface area contributed by atoms with Gasteiger partial charge in [0.15, 0.2) is 5.76 Å². The summed E-state index contributed by atoms with van der Waals surface area (Å²) in [5.74, 6) is -0.00129. The van der Waals surface area contributed by atoms with Gasteiger partial charge in [-0.1, -0.05) is 18.2 Å². The van der Waals surface area contributed by atoms with Crippen LogP contribution in [0.2, 0.25) is 0 Å². The molecule has 0 aliphatic heterocycles. The summed E-state index contributed by atoms with van der Waals surface area (Å²) in [5.41, 5.74) is 5.52. The molecule has 1 amide bonds. The fourth-order valence-electron chi connectivity index (χ4n) is 3.54. The molecule has 0 radical (unpaired) electrons. The minimum absolute atomic E-state index is 0.0537. The number of hydrogen-bond acceptors (Lipinski definition) is 6. The molecule has 3 aromatic carbocycles. The van der Waals surface area contributed by atoms with Gasteiger partial charge in [-0.25, -0.2) is 0 Å². The molecule has 0 fully saturated rings. The van der Waals surface area contributed by atoms with E-state index >= 15 is 0 Å². The van der Waals surface area contributed by atoms with E-state index in [2.05, 4.69) is 15.5 Å². The predicted molar refractivity (Wildman–Crippen MR) is 127 cm³/mol. The molecule has 168 valence electrons. The molecule has 34 heavy (non-hydrogen) atoms. The number of furan rings is 1. The van der Waals surface area contributed by atoms with Crippen molar-refractivity contribution >= 4 is 28.3 Å². The number of carbonyl (C=O) groups is 1. The van der Waals surface area contributed by atoms with Gasteiger partial charge in [0.2, 0.25) is 0 Å². The summed E-state index contributed by atoms with van der Waals surface area (Å²) in [4.78, 5) is 24.8. The van der Waals surface area contributed by atoms with Crippen molar-refractivity contribution in [3.05, 3.63) is 99.8 Å². The second kappa shape index (κ2) is 8.28. The number of aromatic nitrogens is 3. The molecule has 2 aromatic heterocycles. The van der Waals surface area contributed by atoms with E-state index in [1.807, 2.05) is 32.0 Å². The number of carbonyl (C=O) groups excluding carboxylic acids is 1. The van der Waals surface area contributed by atoms with Gasteiger partial charge in [0.05, 0.1) is 10.6 Å². The summed E-state index contributed by atoms with van der Waals surface area (Å²) in [6, 6.07) is 20.4. The Bertz CT molecular complexity index is 1570.